The van der Waals surface area contributed by atoms with Crippen molar-refractivity contribution in [2.75, 3.05) is 0 Å². The fourth-order valence-electron chi connectivity index (χ4n) is 2.03. The molecule has 1 atom stereocenters. The number of nitro benzene ring substituents is 1. The van der Waals surface area contributed by atoms with Gasteiger partial charge in [-0.25, -0.2) is 4.57 Å². The number of para-hydroxylation sites is 1. The van der Waals surface area contributed by atoms with Crippen molar-refractivity contribution in [1.29, 1.82) is 0 Å². The second kappa shape index (κ2) is 6.26. The largest absolute Gasteiger partial charge is 0.407 e. The summed E-state index contributed by atoms with van der Waals surface area (Å²) in [4.78, 5) is 10.2. The van der Waals surface area contributed by atoms with Crippen molar-refractivity contribution in [3.63, 3.8) is 0 Å². The highest BCUT2D eigenvalue weighted by Gasteiger charge is 2.15. The normalized spacial score (nSPS) is 12.1. The van der Waals surface area contributed by atoms with Crippen LogP contribution in [0.25, 0.3) is 0 Å². The van der Waals surface area contributed by atoms with Crippen LogP contribution < -0.4 is 4.52 Å². The summed E-state index contributed by atoms with van der Waals surface area (Å²) in [5.74, 6) is 0.517. The maximum atomic E-state index is 10.6. The van der Waals surface area contributed by atoms with Crippen molar-refractivity contribution in [3.8, 4) is 5.75 Å². The van der Waals surface area contributed by atoms with Gasteiger partial charge in [-0.15, -0.1) is 0 Å². The Hall–Kier alpha value is -2.26. The summed E-state index contributed by atoms with van der Waals surface area (Å²) in [7, 11) is -0.407. The number of nitrogens with zero attached hydrogens (tertiary/aromatic N) is 1. The van der Waals surface area contributed by atoms with E-state index in [2.05, 4.69) is 0 Å². The van der Waals surface area contributed by atoms with Gasteiger partial charge in [0.1, 0.15) is 5.75 Å². The molecule has 0 saturated heterocycles. The molecule has 1 unspecified atom stereocenters. The molecule has 0 saturated carbocycles. The lowest BCUT2D eigenvalue weighted by Crippen LogP contribution is -1.98. The van der Waals surface area contributed by atoms with Crippen LogP contribution in [0.3, 0.4) is 0 Å². The molecule has 0 aliphatic rings. The summed E-state index contributed by atoms with van der Waals surface area (Å²) in [5.41, 5.74) is 1.86. The maximum Gasteiger partial charge on any atom is 0.395 e. The molecule has 0 aliphatic carbocycles. The highest BCUT2D eigenvalue weighted by atomic mass is 31.1. The third-order valence-electron chi connectivity index (χ3n) is 3.13. The zero-order valence-corrected chi connectivity index (χ0v) is 11.6. The van der Waals surface area contributed by atoms with Crippen LogP contribution >= 0.6 is 8.69 Å². The van der Waals surface area contributed by atoms with E-state index < -0.39 is 13.6 Å². The summed E-state index contributed by atoms with van der Waals surface area (Å²) < 4.78 is 15.7. The van der Waals surface area contributed by atoms with E-state index in [1.165, 1.54) is 12.1 Å². The number of hydrogen-bond acceptors (Lipinski definition) is 4. The quantitative estimate of drug-likeness (QED) is 0.466. The predicted octanol–water partition coefficient (Wildman–Crippen LogP) is 4.33. The molecule has 0 fully saturated rings. The summed E-state index contributed by atoms with van der Waals surface area (Å²) in [6.45, 7) is 1.96. The fourth-order valence-corrected chi connectivity index (χ4v) is 2.27. The van der Waals surface area contributed by atoms with Gasteiger partial charge in [0.25, 0.3) is 5.69 Å². The highest BCUT2D eigenvalue weighted by Crippen LogP contribution is 2.33. The minimum Gasteiger partial charge on any atom is -0.407 e. The van der Waals surface area contributed by atoms with Crippen molar-refractivity contribution < 1.29 is 14.0 Å². The average molecular weight is 289 g/mol. The van der Waals surface area contributed by atoms with Gasteiger partial charge in [-0.05, 0) is 11.6 Å². The Morgan fingerprint density at radius 3 is 2.40 bits per heavy atom. The number of hydrogen-bond donors (Lipinski definition) is 0. The molecule has 0 spiro atoms. The summed E-state index contributed by atoms with van der Waals surface area (Å²) in [5, 5.41) is 10.6. The van der Waals surface area contributed by atoms with Gasteiger partial charge in [-0.1, -0.05) is 37.3 Å². The summed E-state index contributed by atoms with van der Waals surface area (Å²) in [6.07, 6.45) is 0. The first-order valence-electron chi connectivity index (χ1n) is 5.96. The van der Waals surface area contributed by atoms with Crippen LogP contribution in [0, 0.1) is 10.1 Å². The standard InChI is InChI=1S/C14H12NO4P/c1-10(11-6-8-12(9-7-11)15(16)17)13-4-2-3-5-14(13)19-20-18/h2-10H,1H3. The molecular formula is C14H12NO4P. The fraction of sp³-hybridized carbons (Fsp3) is 0.143. The highest BCUT2D eigenvalue weighted by molar-refractivity contribution is 7.17. The maximum absolute atomic E-state index is 10.6. The van der Waals surface area contributed by atoms with Gasteiger partial charge in [0.15, 0.2) is 0 Å². The van der Waals surface area contributed by atoms with Crippen LogP contribution in [0.1, 0.15) is 24.0 Å². The Labute approximate surface area is 117 Å². The van der Waals surface area contributed by atoms with E-state index in [0.29, 0.717) is 5.75 Å². The Balaban J connectivity index is 2.33. The van der Waals surface area contributed by atoms with Crippen LogP contribution in [0.5, 0.6) is 5.75 Å². The SMILES string of the molecule is CC(c1ccc([N+](=O)[O-])cc1)c1ccccc1OP=O. The number of non-ortho nitro benzene ring substituents is 1. The number of rotatable bonds is 5. The lowest BCUT2D eigenvalue weighted by atomic mass is 9.92. The van der Waals surface area contributed by atoms with Crippen molar-refractivity contribution in [2.45, 2.75) is 12.8 Å². The van der Waals surface area contributed by atoms with Crippen molar-refractivity contribution in [2.24, 2.45) is 0 Å². The third-order valence-corrected chi connectivity index (χ3v) is 3.40. The van der Waals surface area contributed by atoms with E-state index in [1.807, 2.05) is 19.1 Å². The average Bonchev–Trinajstić information content (AvgIpc) is 2.47. The van der Waals surface area contributed by atoms with Gasteiger partial charge in [0.05, 0.1) is 4.92 Å². The van der Waals surface area contributed by atoms with E-state index >= 15 is 0 Å². The lowest BCUT2D eigenvalue weighted by molar-refractivity contribution is -0.384. The molecule has 102 valence electrons. The van der Waals surface area contributed by atoms with Crippen LogP contribution in [0.2, 0.25) is 0 Å². The smallest absolute Gasteiger partial charge is 0.395 e. The second-order valence-electron chi connectivity index (χ2n) is 4.27. The Kier molecular flexibility index (Phi) is 4.43. The molecule has 5 nitrogen and oxygen atoms in total. The van der Waals surface area contributed by atoms with E-state index in [9.17, 15) is 14.7 Å². The van der Waals surface area contributed by atoms with Gasteiger partial charge in [-0.2, -0.15) is 0 Å². The first-order chi connectivity index (χ1) is 9.63. The first kappa shape index (κ1) is 14.2. The molecule has 0 bridgehead atoms. The Morgan fingerprint density at radius 2 is 1.80 bits per heavy atom. The number of benzene rings is 2. The van der Waals surface area contributed by atoms with Crippen molar-refractivity contribution >= 4 is 14.4 Å². The van der Waals surface area contributed by atoms with Crippen molar-refractivity contribution in [1.82, 2.24) is 0 Å². The monoisotopic (exact) mass is 289 g/mol. The van der Waals surface area contributed by atoms with E-state index in [-0.39, 0.29) is 11.6 Å². The zero-order chi connectivity index (χ0) is 14.5. The molecule has 0 radical (unpaired) electrons. The lowest BCUT2D eigenvalue weighted by Gasteiger charge is -2.14. The number of nitro groups is 1. The molecule has 20 heavy (non-hydrogen) atoms. The van der Waals surface area contributed by atoms with E-state index in [4.69, 9.17) is 4.52 Å². The third kappa shape index (κ3) is 3.00. The van der Waals surface area contributed by atoms with Gasteiger partial charge < -0.3 is 4.52 Å². The molecule has 0 N–H and O–H groups in total. The van der Waals surface area contributed by atoms with Crippen LogP contribution in [-0.2, 0) is 4.57 Å². The molecule has 0 aliphatic heterocycles. The van der Waals surface area contributed by atoms with Gasteiger partial charge in [-0.3, -0.25) is 10.1 Å². The van der Waals surface area contributed by atoms with Crippen LogP contribution in [0.4, 0.5) is 5.69 Å². The second-order valence-corrected chi connectivity index (χ2v) is 4.61. The molecule has 2 rings (SSSR count). The molecule has 6 heteroatoms. The topological polar surface area (TPSA) is 69.4 Å². The Bertz CT molecular complexity index is 627. The summed E-state index contributed by atoms with van der Waals surface area (Å²) in [6, 6.07) is 13.7. The zero-order valence-electron chi connectivity index (χ0n) is 10.7. The summed E-state index contributed by atoms with van der Waals surface area (Å²) >= 11 is 0. The van der Waals surface area contributed by atoms with Gasteiger partial charge in [0, 0.05) is 23.6 Å². The predicted molar refractivity (Wildman–Crippen MR) is 75.3 cm³/mol. The van der Waals surface area contributed by atoms with E-state index in [0.717, 1.165) is 11.1 Å². The molecular weight excluding hydrogens is 277 g/mol. The van der Waals surface area contributed by atoms with Gasteiger partial charge >= 0.3 is 8.69 Å². The minimum absolute atomic E-state index is 0.0197. The first-order valence-corrected chi connectivity index (χ1v) is 6.69. The van der Waals surface area contributed by atoms with Crippen LogP contribution in [0.15, 0.2) is 48.5 Å². The molecule has 0 aromatic heterocycles. The molecule has 0 amide bonds. The van der Waals surface area contributed by atoms with Crippen LogP contribution in [-0.4, -0.2) is 4.92 Å². The van der Waals surface area contributed by atoms with Gasteiger partial charge in [0.2, 0.25) is 0 Å². The minimum atomic E-state index is -0.429. The van der Waals surface area contributed by atoms with E-state index in [1.54, 1.807) is 24.3 Å². The molecule has 0 heterocycles. The molecule has 2 aromatic carbocycles. The van der Waals surface area contributed by atoms with Crippen molar-refractivity contribution in [3.05, 3.63) is 69.8 Å². The molecule has 2 aromatic rings. The Morgan fingerprint density at radius 1 is 1.15 bits per heavy atom.